The summed E-state index contributed by atoms with van der Waals surface area (Å²) in [6.45, 7) is 5.76. The molecule has 3 unspecified atom stereocenters. The summed E-state index contributed by atoms with van der Waals surface area (Å²) in [7, 11) is 0. The molecule has 5 heteroatoms. The van der Waals surface area contributed by atoms with E-state index < -0.39 is 0 Å². The zero-order valence-corrected chi connectivity index (χ0v) is 11.9. The molecule has 2 heterocycles. The zero-order valence-electron chi connectivity index (χ0n) is 11.9. The fraction of sp³-hybridized carbons (Fsp3) is 0.857. The minimum absolute atomic E-state index is 0.0370. The molecule has 2 amide bonds. The van der Waals surface area contributed by atoms with Crippen molar-refractivity contribution >= 4 is 11.8 Å². The maximum atomic E-state index is 12.3. The largest absolute Gasteiger partial charge is 0.378 e. The average Bonchev–Trinajstić information content (AvgIpc) is 2.82. The Morgan fingerprint density at radius 2 is 2.16 bits per heavy atom. The second-order valence-electron chi connectivity index (χ2n) is 5.49. The van der Waals surface area contributed by atoms with Crippen molar-refractivity contribution in [2.45, 2.75) is 51.7 Å². The van der Waals surface area contributed by atoms with Crippen molar-refractivity contribution in [1.29, 1.82) is 0 Å². The van der Waals surface area contributed by atoms with Crippen LogP contribution in [0.3, 0.4) is 0 Å². The summed E-state index contributed by atoms with van der Waals surface area (Å²) in [5.74, 6) is 0.412. The number of hydrogen-bond donors (Lipinski definition) is 1. The van der Waals surface area contributed by atoms with E-state index in [0.717, 1.165) is 32.3 Å². The molecule has 0 bridgehead atoms. The molecule has 2 aliphatic rings. The number of ether oxygens (including phenoxy) is 1. The SMILES string of the molecule is CCCC1NC(=O)CN(CC2CCOC2CC)C1=O. The van der Waals surface area contributed by atoms with Gasteiger partial charge in [0.15, 0.2) is 0 Å². The normalized spacial score (nSPS) is 31.7. The lowest BCUT2D eigenvalue weighted by molar-refractivity contribution is -0.145. The van der Waals surface area contributed by atoms with Crippen molar-refractivity contribution in [3.05, 3.63) is 0 Å². The molecule has 19 heavy (non-hydrogen) atoms. The molecule has 2 fully saturated rings. The fourth-order valence-electron chi connectivity index (χ4n) is 3.05. The van der Waals surface area contributed by atoms with Gasteiger partial charge < -0.3 is 15.0 Å². The Morgan fingerprint density at radius 3 is 2.84 bits per heavy atom. The summed E-state index contributed by atoms with van der Waals surface area (Å²) in [6.07, 6.45) is 3.82. The van der Waals surface area contributed by atoms with Gasteiger partial charge in [0.1, 0.15) is 6.04 Å². The van der Waals surface area contributed by atoms with Gasteiger partial charge in [-0.2, -0.15) is 0 Å². The predicted octanol–water partition coefficient (Wildman–Crippen LogP) is 0.929. The summed E-state index contributed by atoms with van der Waals surface area (Å²) >= 11 is 0. The monoisotopic (exact) mass is 268 g/mol. The minimum atomic E-state index is -0.325. The van der Waals surface area contributed by atoms with Gasteiger partial charge in [-0.1, -0.05) is 20.3 Å². The Bertz CT molecular complexity index is 346. The van der Waals surface area contributed by atoms with Crippen LogP contribution in [0.4, 0.5) is 0 Å². The fourth-order valence-corrected chi connectivity index (χ4v) is 3.05. The Balaban J connectivity index is 1.98. The third-order valence-corrected chi connectivity index (χ3v) is 4.06. The van der Waals surface area contributed by atoms with E-state index in [2.05, 4.69) is 12.2 Å². The van der Waals surface area contributed by atoms with Crippen LogP contribution < -0.4 is 5.32 Å². The number of carbonyl (C=O) groups is 2. The first kappa shape index (κ1) is 14.3. The van der Waals surface area contributed by atoms with Gasteiger partial charge >= 0.3 is 0 Å². The highest BCUT2D eigenvalue weighted by Gasteiger charge is 2.36. The first-order valence-corrected chi connectivity index (χ1v) is 7.35. The van der Waals surface area contributed by atoms with Gasteiger partial charge in [-0.3, -0.25) is 9.59 Å². The van der Waals surface area contributed by atoms with Gasteiger partial charge in [-0.15, -0.1) is 0 Å². The topological polar surface area (TPSA) is 58.6 Å². The molecule has 0 aromatic heterocycles. The van der Waals surface area contributed by atoms with Crippen molar-refractivity contribution in [1.82, 2.24) is 10.2 Å². The van der Waals surface area contributed by atoms with Gasteiger partial charge in [0.2, 0.25) is 11.8 Å². The highest BCUT2D eigenvalue weighted by molar-refractivity contribution is 5.94. The molecule has 0 radical (unpaired) electrons. The first-order valence-electron chi connectivity index (χ1n) is 7.35. The molecular weight excluding hydrogens is 244 g/mol. The third-order valence-electron chi connectivity index (χ3n) is 4.06. The van der Waals surface area contributed by atoms with Crippen LogP contribution in [0.5, 0.6) is 0 Å². The highest BCUT2D eigenvalue weighted by Crippen LogP contribution is 2.25. The summed E-state index contributed by atoms with van der Waals surface area (Å²) in [5.41, 5.74) is 0. The van der Waals surface area contributed by atoms with Gasteiger partial charge in [0.05, 0.1) is 12.6 Å². The predicted molar refractivity (Wildman–Crippen MR) is 71.6 cm³/mol. The number of carbonyl (C=O) groups excluding carboxylic acids is 2. The molecule has 108 valence electrons. The van der Waals surface area contributed by atoms with E-state index in [1.54, 1.807) is 4.90 Å². The van der Waals surface area contributed by atoms with E-state index in [9.17, 15) is 9.59 Å². The number of piperazine rings is 1. The van der Waals surface area contributed by atoms with Crippen molar-refractivity contribution in [2.75, 3.05) is 19.7 Å². The van der Waals surface area contributed by atoms with E-state index in [0.29, 0.717) is 12.5 Å². The highest BCUT2D eigenvalue weighted by atomic mass is 16.5. The molecule has 5 nitrogen and oxygen atoms in total. The summed E-state index contributed by atoms with van der Waals surface area (Å²) in [5, 5.41) is 2.79. The quantitative estimate of drug-likeness (QED) is 0.807. The van der Waals surface area contributed by atoms with Crippen molar-refractivity contribution in [2.24, 2.45) is 5.92 Å². The van der Waals surface area contributed by atoms with Crippen molar-refractivity contribution in [3.63, 3.8) is 0 Å². The van der Waals surface area contributed by atoms with Crippen molar-refractivity contribution < 1.29 is 14.3 Å². The van der Waals surface area contributed by atoms with E-state index in [1.807, 2.05) is 6.92 Å². The number of amides is 2. The summed E-state index contributed by atoms with van der Waals surface area (Å²) in [6, 6.07) is -0.325. The number of rotatable bonds is 5. The van der Waals surface area contributed by atoms with Gasteiger partial charge in [-0.25, -0.2) is 0 Å². The zero-order chi connectivity index (χ0) is 13.8. The van der Waals surface area contributed by atoms with E-state index in [-0.39, 0.29) is 30.5 Å². The van der Waals surface area contributed by atoms with Crippen LogP contribution in [0.2, 0.25) is 0 Å². The van der Waals surface area contributed by atoms with Gasteiger partial charge in [-0.05, 0) is 19.3 Å². The molecule has 0 aromatic carbocycles. The van der Waals surface area contributed by atoms with Crippen LogP contribution in [0.1, 0.15) is 39.5 Å². The number of nitrogens with zero attached hydrogens (tertiary/aromatic N) is 1. The summed E-state index contributed by atoms with van der Waals surface area (Å²) < 4.78 is 5.65. The Labute approximate surface area is 114 Å². The standard InChI is InChI=1S/C14H24N2O3/c1-3-5-11-14(18)16(9-13(17)15-11)8-10-6-7-19-12(10)4-2/h10-12H,3-9H2,1-2H3,(H,15,17). The van der Waals surface area contributed by atoms with Crippen LogP contribution in [-0.2, 0) is 14.3 Å². The number of hydrogen-bond acceptors (Lipinski definition) is 3. The molecule has 0 spiro atoms. The molecule has 0 aliphatic carbocycles. The van der Waals surface area contributed by atoms with Crippen LogP contribution in [0.15, 0.2) is 0 Å². The van der Waals surface area contributed by atoms with E-state index in [1.165, 1.54) is 0 Å². The van der Waals surface area contributed by atoms with Gasteiger partial charge in [0.25, 0.3) is 0 Å². The minimum Gasteiger partial charge on any atom is -0.378 e. The lowest BCUT2D eigenvalue weighted by Crippen LogP contribution is -2.59. The molecule has 3 atom stereocenters. The Kier molecular flexibility index (Phi) is 4.80. The van der Waals surface area contributed by atoms with Gasteiger partial charge in [0, 0.05) is 19.1 Å². The summed E-state index contributed by atoms with van der Waals surface area (Å²) in [4.78, 5) is 25.7. The molecule has 2 saturated heterocycles. The van der Waals surface area contributed by atoms with E-state index in [4.69, 9.17) is 4.74 Å². The van der Waals surface area contributed by atoms with Crippen molar-refractivity contribution in [3.8, 4) is 0 Å². The lowest BCUT2D eigenvalue weighted by Gasteiger charge is -2.34. The van der Waals surface area contributed by atoms with Crippen LogP contribution >= 0.6 is 0 Å². The maximum absolute atomic E-state index is 12.3. The smallest absolute Gasteiger partial charge is 0.245 e. The molecule has 0 saturated carbocycles. The lowest BCUT2D eigenvalue weighted by atomic mass is 9.97. The first-order chi connectivity index (χ1) is 9.15. The Morgan fingerprint density at radius 1 is 1.37 bits per heavy atom. The Hall–Kier alpha value is -1.10. The number of nitrogens with one attached hydrogen (secondary N) is 1. The van der Waals surface area contributed by atoms with Crippen LogP contribution in [-0.4, -0.2) is 48.6 Å². The second-order valence-corrected chi connectivity index (χ2v) is 5.49. The van der Waals surface area contributed by atoms with Crippen LogP contribution in [0.25, 0.3) is 0 Å². The average molecular weight is 268 g/mol. The second kappa shape index (κ2) is 6.37. The van der Waals surface area contributed by atoms with E-state index >= 15 is 0 Å². The molecule has 2 rings (SSSR count). The molecule has 1 N–H and O–H groups in total. The third kappa shape index (κ3) is 3.26. The van der Waals surface area contributed by atoms with Crippen LogP contribution in [0, 0.1) is 5.92 Å². The molecular formula is C14H24N2O3. The molecule has 0 aromatic rings. The molecule has 2 aliphatic heterocycles. The maximum Gasteiger partial charge on any atom is 0.245 e.